The minimum Gasteiger partial charge on any atom is -0.374 e. The summed E-state index contributed by atoms with van der Waals surface area (Å²) in [5.74, 6) is 0. The first-order valence-electron chi connectivity index (χ1n) is 6.81. The van der Waals surface area contributed by atoms with E-state index in [1.807, 2.05) is 27.8 Å². The van der Waals surface area contributed by atoms with Crippen LogP contribution in [0.3, 0.4) is 0 Å². The standard InChI is InChI=1S/C12H29NO3Si/c1-5-14-17(15-6-2,16-7-3)12-10-8-9-11-13-4/h13H,5-12H2,1-4H3. The number of nitrogens with one attached hydrogen (secondary N) is 1. The van der Waals surface area contributed by atoms with Crippen LogP contribution in [0.25, 0.3) is 0 Å². The second kappa shape index (κ2) is 11.2. The van der Waals surface area contributed by atoms with Crippen LogP contribution >= 0.6 is 0 Å². The van der Waals surface area contributed by atoms with Crippen LogP contribution in [0.15, 0.2) is 0 Å². The van der Waals surface area contributed by atoms with Crippen LogP contribution < -0.4 is 5.32 Å². The van der Waals surface area contributed by atoms with Gasteiger partial charge < -0.3 is 18.6 Å². The van der Waals surface area contributed by atoms with E-state index >= 15 is 0 Å². The molecular weight excluding hydrogens is 234 g/mol. The molecule has 0 unspecified atom stereocenters. The maximum atomic E-state index is 5.80. The Bertz CT molecular complexity index is 153. The van der Waals surface area contributed by atoms with Crippen molar-refractivity contribution in [1.82, 2.24) is 5.32 Å². The van der Waals surface area contributed by atoms with Gasteiger partial charge in [-0.25, -0.2) is 0 Å². The molecule has 17 heavy (non-hydrogen) atoms. The highest BCUT2D eigenvalue weighted by molar-refractivity contribution is 6.60. The molecule has 0 heterocycles. The van der Waals surface area contributed by atoms with Gasteiger partial charge in [-0.15, -0.1) is 0 Å². The van der Waals surface area contributed by atoms with Gasteiger partial charge in [0.05, 0.1) is 0 Å². The van der Waals surface area contributed by atoms with Gasteiger partial charge in [-0.1, -0.05) is 6.42 Å². The molecule has 1 N–H and O–H groups in total. The van der Waals surface area contributed by atoms with Gasteiger partial charge in [-0.3, -0.25) is 0 Å². The van der Waals surface area contributed by atoms with Crippen LogP contribution in [0.4, 0.5) is 0 Å². The van der Waals surface area contributed by atoms with Crippen molar-refractivity contribution in [3.8, 4) is 0 Å². The predicted octanol–water partition coefficient (Wildman–Crippen LogP) is 2.42. The highest BCUT2D eigenvalue weighted by Crippen LogP contribution is 2.19. The van der Waals surface area contributed by atoms with Crippen LogP contribution in [0.5, 0.6) is 0 Å². The van der Waals surface area contributed by atoms with E-state index in [-0.39, 0.29) is 0 Å². The molecule has 0 rings (SSSR count). The summed E-state index contributed by atoms with van der Waals surface area (Å²) in [5.41, 5.74) is 0. The van der Waals surface area contributed by atoms with E-state index in [9.17, 15) is 0 Å². The summed E-state index contributed by atoms with van der Waals surface area (Å²) in [5, 5.41) is 3.16. The van der Waals surface area contributed by atoms with E-state index in [0.717, 1.165) is 19.0 Å². The van der Waals surface area contributed by atoms with E-state index in [1.165, 1.54) is 12.8 Å². The lowest BCUT2D eigenvalue weighted by atomic mass is 10.2. The molecule has 5 heteroatoms. The molecule has 4 nitrogen and oxygen atoms in total. The Hall–Kier alpha value is 0.0569. The van der Waals surface area contributed by atoms with Gasteiger partial charge in [0.25, 0.3) is 0 Å². The first kappa shape index (κ1) is 17.1. The molecule has 0 radical (unpaired) electrons. The third-order valence-corrected chi connectivity index (χ3v) is 5.65. The van der Waals surface area contributed by atoms with E-state index < -0.39 is 8.80 Å². The van der Waals surface area contributed by atoms with Gasteiger partial charge in [-0.2, -0.15) is 0 Å². The molecule has 0 fully saturated rings. The highest BCUT2D eigenvalue weighted by atomic mass is 28.4. The van der Waals surface area contributed by atoms with Gasteiger partial charge in [-0.05, 0) is 47.2 Å². The lowest BCUT2D eigenvalue weighted by Gasteiger charge is -2.28. The Balaban J connectivity index is 4.05. The van der Waals surface area contributed by atoms with E-state index in [0.29, 0.717) is 19.8 Å². The smallest absolute Gasteiger partial charge is 0.374 e. The van der Waals surface area contributed by atoms with E-state index in [2.05, 4.69) is 5.32 Å². The molecule has 0 aromatic rings. The Morgan fingerprint density at radius 2 is 1.35 bits per heavy atom. The quantitative estimate of drug-likeness (QED) is 0.434. The lowest BCUT2D eigenvalue weighted by molar-refractivity contribution is 0.0706. The zero-order valence-electron chi connectivity index (χ0n) is 11.9. The fraction of sp³-hybridized carbons (Fsp3) is 1.00. The monoisotopic (exact) mass is 263 g/mol. The predicted molar refractivity (Wildman–Crippen MR) is 73.2 cm³/mol. The Morgan fingerprint density at radius 1 is 0.824 bits per heavy atom. The third-order valence-electron chi connectivity index (χ3n) is 2.50. The second-order valence-corrected chi connectivity index (χ2v) is 6.63. The number of rotatable bonds is 12. The van der Waals surface area contributed by atoms with Crippen LogP contribution in [-0.2, 0) is 13.3 Å². The lowest BCUT2D eigenvalue weighted by Crippen LogP contribution is -2.45. The molecule has 0 aromatic carbocycles. The summed E-state index contributed by atoms with van der Waals surface area (Å²) < 4.78 is 17.4. The Kier molecular flexibility index (Phi) is 11.2. The average molecular weight is 263 g/mol. The summed E-state index contributed by atoms with van der Waals surface area (Å²) in [4.78, 5) is 0. The van der Waals surface area contributed by atoms with Crippen molar-refractivity contribution in [1.29, 1.82) is 0 Å². The fourth-order valence-electron chi connectivity index (χ4n) is 1.82. The van der Waals surface area contributed by atoms with Gasteiger partial charge in [0, 0.05) is 25.9 Å². The Labute approximate surface area is 107 Å². The average Bonchev–Trinajstić information content (AvgIpc) is 2.30. The summed E-state index contributed by atoms with van der Waals surface area (Å²) in [7, 11) is -0.390. The van der Waals surface area contributed by atoms with E-state index in [1.54, 1.807) is 0 Å². The molecule has 0 bridgehead atoms. The van der Waals surface area contributed by atoms with Gasteiger partial charge in [0.2, 0.25) is 0 Å². The summed E-state index contributed by atoms with van der Waals surface area (Å²) in [6.45, 7) is 9.09. The maximum absolute atomic E-state index is 5.80. The van der Waals surface area contributed by atoms with Crippen LogP contribution in [-0.4, -0.2) is 42.2 Å². The minimum atomic E-state index is -2.38. The van der Waals surface area contributed by atoms with Crippen molar-refractivity contribution in [3.05, 3.63) is 0 Å². The van der Waals surface area contributed by atoms with Crippen molar-refractivity contribution in [2.45, 2.75) is 46.1 Å². The molecule has 0 amide bonds. The molecule has 104 valence electrons. The zero-order chi connectivity index (χ0) is 13.0. The molecule has 0 saturated carbocycles. The van der Waals surface area contributed by atoms with Crippen molar-refractivity contribution < 1.29 is 13.3 Å². The highest BCUT2D eigenvalue weighted by Gasteiger charge is 2.39. The normalized spacial score (nSPS) is 12.0. The third kappa shape index (κ3) is 7.89. The van der Waals surface area contributed by atoms with Crippen molar-refractivity contribution in [2.75, 3.05) is 33.4 Å². The van der Waals surface area contributed by atoms with E-state index in [4.69, 9.17) is 13.3 Å². The van der Waals surface area contributed by atoms with Crippen molar-refractivity contribution in [3.63, 3.8) is 0 Å². The maximum Gasteiger partial charge on any atom is 0.500 e. The zero-order valence-corrected chi connectivity index (χ0v) is 12.9. The number of hydrogen-bond acceptors (Lipinski definition) is 4. The molecule has 0 aromatic heterocycles. The molecular formula is C12H29NO3Si. The van der Waals surface area contributed by atoms with Crippen molar-refractivity contribution >= 4 is 8.80 Å². The summed E-state index contributed by atoms with van der Waals surface area (Å²) >= 11 is 0. The summed E-state index contributed by atoms with van der Waals surface area (Å²) in [6.07, 6.45) is 3.52. The minimum absolute atomic E-state index is 0.669. The van der Waals surface area contributed by atoms with Gasteiger partial charge >= 0.3 is 8.80 Å². The van der Waals surface area contributed by atoms with Gasteiger partial charge in [0.1, 0.15) is 0 Å². The Morgan fingerprint density at radius 3 is 1.76 bits per heavy atom. The molecule has 0 aliphatic heterocycles. The summed E-state index contributed by atoms with van der Waals surface area (Å²) in [6, 6.07) is 0.937. The van der Waals surface area contributed by atoms with Crippen molar-refractivity contribution in [2.24, 2.45) is 0 Å². The van der Waals surface area contributed by atoms with Gasteiger partial charge in [0.15, 0.2) is 0 Å². The largest absolute Gasteiger partial charge is 0.500 e. The van der Waals surface area contributed by atoms with Crippen LogP contribution in [0.1, 0.15) is 40.0 Å². The number of unbranched alkanes of at least 4 members (excludes halogenated alkanes) is 2. The number of hydrogen-bond donors (Lipinski definition) is 1. The molecule has 0 aliphatic carbocycles. The fourth-order valence-corrected chi connectivity index (χ4v) is 4.51. The topological polar surface area (TPSA) is 39.7 Å². The second-order valence-electron chi connectivity index (χ2n) is 3.90. The van der Waals surface area contributed by atoms with Crippen LogP contribution in [0.2, 0.25) is 6.04 Å². The molecule has 0 spiro atoms. The molecule has 0 atom stereocenters. The molecule has 0 saturated heterocycles. The first-order valence-corrected chi connectivity index (χ1v) is 8.74. The first-order chi connectivity index (χ1) is 8.24. The SMILES string of the molecule is CCO[Si](CCCCCNC)(OCC)OCC. The molecule has 0 aliphatic rings. The van der Waals surface area contributed by atoms with Crippen LogP contribution in [0, 0.1) is 0 Å².